The van der Waals surface area contributed by atoms with Crippen LogP contribution in [0.1, 0.15) is 24.9 Å². The predicted octanol–water partition coefficient (Wildman–Crippen LogP) is 1.78. The van der Waals surface area contributed by atoms with E-state index in [2.05, 4.69) is 16.0 Å². The molecule has 2 aromatic rings. The lowest BCUT2D eigenvalue weighted by atomic mass is 10.3. The maximum Gasteiger partial charge on any atom is 0.315 e. The van der Waals surface area contributed by atoms with E-state index in [1.54, 1.807) is 31.4 Å². The summed E-state index contributed by atoms with van der Waals surface area (Å²) in [5.74, 6) is 1.13. The number of nitrogens with one attached hydrogen (secondary N) is 3. The molecule has 3 amide bonds. The fraction of sp³-hybridized carbons (Fsp3) is 0.412. The molecule has 8 nitrogen and oxygen atoms in total. The summed E-state index contributed by atoms with van der Waals surface area (Å²) in [6.07, 6.45) is 3.79. The van der Waals surface area contributed by atoms with Gasteiger partial charge in [-0.15, -0.1) is 0 Å². The van der Waals surface area contributed by atoms with E-state index >= 15 is 0 Å². The lowest BCUT2D eigenvalue weighted by Crippen LogP contribution is -2.48. The minimum absolute atomic E-state index is 0.284. The first kappa shape index (κ1) is 18.6. The number of furan rings is 2. The molecule has 0 bridgehead atoms. The highest BCUT2D eigenvalue weighted by molar-refractivity contribution is 5.86. The van der Waals surface area contributed by atoms with Crippen molar-refractivity contribution >= 4 is 11.9 Å². The summed E-state index contributed by atoms with van der Waals surface area (Å²) in [5, 5.41) is 7.94. The van der Waals surface area contributed by atoms with Crippen molar-refractivity contribution in [3.8, 4) is 0 Å². The Kier molecular flexibility index (Phi) is 7.58. The largest absolute Gasteiger partial charge is 0.467 e. The summed E-state index contributed by atoms with van der Waals surface area (Å²) in [7, 11) is 0. The van der Waals surface area contributed by atoms with E-state index in [1.807, 2.05) is 6.07 Å². The van der Waals surface area contributed by atoms with E-state index in [9.17, 15) is 9.59 Å². The Labute approximate surface area is 145 Å². The lowest BCUT2D eigenvalue weighted by molar-refractivity contribution is -0.122. The van der Waals surface area contributed by atoms with Gasteiger partial charge in [0.05, 0.1) is 19.1 Å². The highest BCUT2D eigenvalue weighted by Crippen LogP contribution is 2.01. The first-order valence-corrected chi connectivity index (χ1v) is 8.09. The van der Waals surface area contributed by atoms with Gasteiger partial charge >= 0.3 is 6.03 Å². The van der Waals surface area contributed by atoms with Crippen molar-refractivity contribution in [1.29, 1.82) is 0 Å². The summed E-state index contributed by atoms with van der Waals surface area (Å²) in [5.41, 5.74) is 0. The van der Waals surface area contributed by atoms with E-state index in [1.165, 1.54) is 6.26 Å². The van der Waals surface area contributed by atoms with Gasteiger partial charge in [-0.2, -0.15) is 0 Å². The van der Waals surface area contributed by atoms with E-state index < -0.39 is 12.1 Å². The second kappa shape index (κ2) is 10.2. The smallest absolute Gasteiger partial charge is 0.315 e. The summed E-state index contributed by atoms with van der Waals surface area (Å²) < 4.78 is 15.7. The topological polar surface area (TPSA) is 106 Å². The Balaban J connectivity index is 1.50. The molecule has 25 heavy (non-hydrogen) atoms. The number of urea groups is 1. The van der Waals surface area contributed by atoms with Crippen molar-refractivity contribution in [3.05, 3.63) is 48.3 Å². The molecule has 1 unspecified atom stereocenters. The minimum atomic E-state index is -0.648. The average Bonchev–Trinajstić information content (AvgIpc) is 3.29. The number of rotatable bonds is 10. The number of carbonyl (C=O) groups excluding carboxylic acids is 2. The predicted molar refractivity (Wildman–Crippen MR) is 89.5 cm³/mol. The molecule has 0 aromatic carbocycles. The van der Waals surface area contributed by atoms with Crippen molar-refractivity contribution in [2.45, 2.75) is 32.5 Å². The van der Waals surface area contributed by atoms with Crippen molar-refractivity contribution < 1.29 is 23.2 Å². The Morgan fingerprint density at radius 2 is 1.84 bits per heavy atom. The van der Waals surface area contributed by atoms with Crippen LogP contribution in [0.15, 0.2) is 45.6 Å². The van der Waals surface area contributed by atoms with Crippen LogP contribution in [0.25, 0.3) is 0 Å². The summed E-state index contributed by atoms with van der Waals surface area (Å²) in [4.78, 5) is 23.6. The molecule has 136 valence electrons. The normalized spacial score (nSPS) is 11.7. The molecule has 0 aliphatic heterocycles. The zero-order valence-corrected chi connectivity index (χ0v) is 14.1. The first-order valence-electron chi connectivity index (χ1n) is 8.09. The lowest BCUT2D eigenvalue weighted by Gasteiger charge is -2.14. The SMILES string of the molecule is CC(NC(=O)NCCCOCc1ccco1)C(=O)NCc1ccco1. The summed E-state index contributed by atoms with van der Waals surface area (Å²) in [6.45, 7) is 3.26. The number of ether oxygens (including phenoxy) is 1. The van der Waals surface area contributed by atoms with Crippen LogP contribution < -0.4 is 16.0 Å². The van der Waals surface area contributed by atoms with E-state index in [4.69, 9.17) is 13.6 Å². The molecule has 1 atom stereocenters. The standard InChI is InChI=1S/C17H23N3O5/c1-13(16(21)19-11-14-5-2-9-24-14)20-17(22)18-7-4-8-23-12-15-6-3-10-25-15/h2-3,5-6,9-10,13H,4,7-8,11-12H2,1H3,(H,19,21)(H2,18,20,22). The second-order valence-corrected chi connectivity index (χ2v) is 5.40. The van der Waals surface area contributed by atoms with Gasteiger partial charge in [0, 0.05) is 13.2 Å². The molecule has 8 heteroatoms. The van der Waals surface area contributed by atoms with E-state index in [0.29, 0.717) is 31.9 Å². The van der Waals surface area contributed by atoms with Crippen LogP contribution in [0, 0.1) is 0 Å². The quantitative estimate of drug-likeness (QED) is 0.567. The van der Waals surface area contributed by atoms with Crippen molar-refractivity contribution in [2.24, 2.45) is 0 Å². The summed E-state index contributed by atoms with van der Waals surface area (Å²) >= 11 is 0. The molecule has 0 radical (unpaired) electrons. The molecular weight excluding hydrogens is 326 g/mol. The number of carbonyl (C=O) groups is 2. The Morgan fingerprint density at radius 3 is 2.52 bits per heavy atom. The maximum absolute atomic E-state index is 11.9. The molecule has 2 rings (SSSR count). The van der Waals surface area contributed by atoms with Gasteiger partial charge in [-0.05, 0) is 37.6 Å². The minimum Gasteiger partial charge on any atom is -0.467 e. The van der Waals surface area contributed by atoms with Gasteiger partial charge in [0.2, 0.25) is 5.91 Å². The molecule has 2 aromatic heterocycles. The van der Waals surface area contributed by atoms with Crippen molar-refractivity contribution in [2.75, 3.05) is 13.2 Å². The fourth-order valence-corrected chi connectivity index (χ4v) is 2.00. The third kappa shape index (κ3) is 7.13. The Bertz CT molecular complexity index is 625. The van der Waals surface area contributed by atoms with Gasteiger partial charge in [-0.3, -0.25) is 4.79 Å². The molecule has 0 saturated heterocycles. The molecule has 0 aliphatic carbocycles. The molecular formula is C17H23N3O5. The van der Waals surface area contributed by atoms with E-state index in [-0.39, 0.29) is 12.5 Å². The molecule has 2 heterocycles. The van der Waals surface area contributed by atoms with Crippen LogP contribution in [-0.4, -0.2) is 31.1 Å². The fourth-order valence-electron chi connectivity index (χ4n) is 2.00. The van der Waals surface area contributed by atoms with Gasteiger partial charge in [0.1, 0.15) is 24.2 Å². The van der Waals surface area contributed by atoms with Gasteiger partial charge < -0.3 is 29.5 Å². The number of hydrogen-bond acceptors (Lipinski definition) is 5. The molecule has 0 fully saturated rings. The third-order valence-corrected chi connectivity index (χ3v) is 3.33. The van der Waals surface area contributed by atoms with Gasteiger partial charge in [-0.1, -0.05) is 0 Å². The average molecular weight is 349 g/mol. The van der Waals surface area contributed by atoms with Crippen LogP contribution in [0.4, 0.5) is 4.79 Å². The maximum atomic E-state index is 11.9. The highest BCUT2D eigenvalue weighted by Gasteiger charge is 2.15. The van der Waals surface area contributed by atoms with Crippen LogP contribution in [0.2, 0.25) is 0 Å². The van der Waals surface area contributed by atoms with Crippen LogP contribution in [0.3, 0.4) is 0 Å². The zero-order chi connectivity index (χ0) is 17.9. The number of amides is 3. The second-order valence-electron chi connectivity index (χ2n) is 5.40. The molecule has 0 spiro atoms. The summed E-state index contributed by atoms with van der Waals surface area (Å²) in [6, 6.07) is 6.10. The van der Waals surface area contributed by atoms with Crippen molar-refractivity contribution in [1.82, 2.24) is 16.0 Å². The van der Waals surface area contributed by atoms with Crippen molar-refractivity contribution in [3.63, 3.8) is 0 Å². The molecule has 0 aliphatic rings. The van der Waals surface area contributed by atoms with Gasteiger partial charge in [-0.25, -0.2) is 4.79 Å². The zero-order valence-electron chi connectivity index (χ0n) is 14.1. The number of hydrogen-bond donors (Lipinski definition) is 3. The highest BCUT2D eigenvalue weighted by atomic mass is 16.5. The van der Waals surface area contributed by atoms with Crippen LogP contribution in [0.5, 0.6) is 0 Å². The third-order valence-electron chi connectivity index (χ3n) is 3.33. The van der Waals surface area contributed by atoms with Gasteiger partial charge in [0.25, 0.3) is 0 Å². The Hall–Kier alpha value is -2.74. The van der Waals surface area contributed by atoms with Crippen LogP contribution >= 0.6 is 0 Å². The molecule has 3 N–H and O–H groups in total. The van der Waals surface area contributed by atoms with Crippen LogP contribution in [-0.2, 0) is 22.7 Å². The first-order chi connectivity index (χ1) is 12.1. The monoisotopic (exact) mass is 349 g/mol. The molecule has 0 saturated carbocycles. The van der Waals surface area contributed by atoms with Gasteiger partial charge in [0.15, 0.2) is 0 Å². The Morgan fingerprint density at radius 1 is 1.12 bits per heavy atom. The van der Waals surface area contributed by atoms with E-state index in [0.717, 1.165) is 5.76 Å².